The van der Waals surface area contributed by atoms with Crippen molar-refractivity contribution in [2.75, 3.05) is 52.4 Å². The summed E-state index contributed by atoms with van der Waals surface area (Å²) in [7, 11) is 0. The van der Waals surface area contributed by atoms with Gasteiger partial charge in [0.2, 0.25) is 0 Å². The van der Waals surface area contributed by atoms with E-state index in [4.69, 9.17) is 4.99 Å². The van der Waals surface area contributed by atoms with Crippen LogP contribution in [0, 0.1) is 5.41 Å². The predicted octanol–water partition coefficient (Wildman–Crippen LogP) is 1.74. The number of guanidine groups is 1. The number of halogens is 1. The molecular formula is C17H34IN5. The van der Waals surface area contributed by atoms with Gasteiger partial charge >= 0.3 is 0 Å². The van der Waals surface area contributed by atoms with Crippen LogP contribution in [0.5, 0.6) is 0 Å². The number of fused-ring (bicyclic) bond motifs is 3. The van der Waals surface area contributed by atoms with Gasteiger partial charge in [0.25, 0.3) is 0 Å². The Morgan fingerprint density at radius 2 is 1.87 bits per heavy atom. The fourth-order valence-electron chi connectivity index (χ4n) is 4.02. The second-order valence-electron chi connectivity index (χ2n) is 7.27. The van der Waals surface area contributed by atoms with Gasteiger partial charge in [0.1, 0.15) is 0 Å². The van der Waals surface area contributed by atoms with Crippen LogP contribution in [0.2, 0.25) is 0 Å². The summed E-state index contributed by atoms with van der Waals surface area (Å²) in [4.78, 5) is 10.1. The molecule has 4 aliphatic rings. The minimum absolute atomic E-state index is 0. The van der Waals surface area contributed by atoms with Crippen LogP contribution in [0.1, 0.15) is 39.5 Å². The van der Waals surface area contributed by atoms with Crippen LogP contribution in [0.4, 0.5) is 0 Å². The van der Waals surface area contributed by atoms with E-state index in [1.54, 1.807) is 0 Å². The van der Waals surface area contributed by atoms with E-state index in [9.17, 15) is 0 Å². The van der Waals surface area contributed by atoms with E-state index in [1.165, 1.54) is 58.4 Å². The summed E-state index contributed by atoms with van der Waals surface area (Å²) in [5, 5.41) is 7.01. The molecule has 0 spiro atoms. The normalized spacial score (nSPS) is 31.9. The van der Waals surface area contributed by atoms with Crippen LogP contribution < -0.4 is 10.6 Å². The molecule has 0 amide bonds. The standard InChI is InChI=1S/C17H33N5.HI/c1-3-17(6-5-7-17)14-20-16(18-4-2)19-12-15-13-21-8-10-22(15)11-9-21;/h15H,3-14H2,1-2H3,(H2,18,19,20);1H. The van der Waals surface area contributed by atoms with Crippen LogP contribution in [0.3, 0.4) is 0 Å². The van der Waals surface area contributed by atoms with Crippen molar-refractivity contribution in [3.63, 3.8) is 0 Å². The van der Waals surface area contributed by atoms with Crippen molar-refractivity contribution in [1.82, 2.24) is 20.4 Å². The molecule has 0 aromatic heterocycles. The Bertz CT molecular complexity index is 383. The zero-order valence-corrected chi connectivity index (χ0v) is 17.1. The van der Waals surface area contributed by atoms with Crippen molar-refractivity contribution in [2.45, 2.75) is 45.6 Å². The fourth-order valence-corrected chi connectivity index (χ4v) is 4.02. The first kappa shape index (κ1) is 19.2. The highest BCUT2D eigenvalue weighted by Gasteiger charge is 2.35. The largest absolute Gasteiger partial charge is 0.357 e. The van der Waals surface area contributed by atoms with Crippen molar-refractivity contribution in [3.8, 4) is 0 Å². The molecule has 5 nitrogen and oxygen atoms in total. The molecule has 1 saturated carbocycles. The molecule has 0 aromatic rings. The lowest BCUT2D eigenvalue weighted by atomic mass is 9.67. The molecule has 1 atom stereocenters. The van der Waals surface area contributed by atoms with Gasteiger partial charge in [0, 0.05) is 58.4 Å². The van der Waals surface area contributed by atoms with Gasteiger partial charge in [0.05, 0.1) is 0 Å². The molecule has 134 valence electrons. The number of nitrogens with one attached hydrogen (secondary N) is 2. The Morgan fingerprint density at radius 3 is 2.35 bits per heavy atom. The quantitative estimate of drug-likeness (QED) is 0.379. The number of piperazine rings is 3. The minimum atomic E-state index is 0. The zero-order valence-electron chi connectivity index (χ0n) is 14.8. The van der Waals surface area contributed by atoms with Gasteiger partial charge in [-0.1, -0.05) is 13.3 Å². The van der Waals surface area contributed by atoms with Gasteiger partial charge in [-0.05, 0) is 31.6 Å². The van der Waals surface area contributed by atoms with Gasteiger partial charge in [-0.15, -0.1) is 24.0 Å². The maximum Gasteiger partial charge on any atom is 0.191 e. The molecule has 3 aliphatic heterocycles. The van der Waals surface area contributed by atoms with E-state index in [0.29, 0.717) is 11.5 Å². The SMILES string of the molecule is CCNC(=NCC1(CC)CCC1)NCC1CN2CCN1CC2.I. The van der Waals surface area contributed by atoms with Crippen molar-refractivity contribution < 1.29 is 0 Å². The fraction of sp³-hybridized carbons (Fsp3) is 0.941. The molecule has 23 heavy (non-hydrogen) atoms. The van der Waals surface area contributed by atoms with Gasteiger partial charge in [0.15, 0.2) is 5.96 Å². The molecule has 1 aliphatic carbocycles. The first-order chi connectivity index (χ1) is 10.7. The molecule has 4 rings (SSSR count). The molecule has 3 saturated heterocycles. The molecule has 0 aromatic carbocycles. The topological polar surface area (TPSA) is 42.9 Å². The zero-order chi connectivity index (χ0) is 15.4. The average Bonchev–Trinajstić information content (AvgIpc) is 2.53. The summed E-state index contributed by atoms with van der Waals surface area (Å²) in [6, 6.07) is 0.648. The van der Waals surface area contributed by atoms with Crippen LogP contribution in [-0.4, -0.2) is 74.2 Å². The molecule has 6 heteroatoms. The Morgan fingerprint density at radius 1 is 1.13 bits per heavy atom. The van der Waals surface area contributed by atoms with Crippen LogP contribution in [0.25, 0.3) is 0 Å². The lowest BCUT2D eigenvalue weighted by Gasteiger charge is -2.47. The number of aliphatic imine (C=N–C) groups is 1. The molecule has 3 heterocycles. The lowest BCUT2D eigenvalue weighted by molar-refractivity contribution is 0.0154. The number of hydrogen-bond donors (Lipinski definition) is 2. The molecule has 4 fully saturated rings. The molecule has 2 N–H and O–H groups in total. The highest BCUT2D eigenvalue weighted by Crippen LogP contribution is 2.43. The summed E-state index contributed by atoms with van der Waals surface area (Å²) in [5.41, 5.74) is 0.501. The smallest absolute Gasteiger partial charge is 0.191 e. The molecule has 0 radical (unpaired) electrons. The lowest BCUT2D eigenvalue weighted by Crippen LogP contribution is -2.63. The third-order valence-corrected chi connectivity index (χ3v) is 5.98. The maximum atomic E-state index is 4.89. The Labute approximate surface area is 158 Å². The second kappa shape index (κ2) is 8.85. The van der Waals surface area contributed by atoms with E-state index in [2.05, 4.69) is 34.3 Å². The first-order valence-corrected chi connectivity index (χ1v) is 9.23. The van der Waals surface area contributed by atoms with E-state index >= 15 is 0 Å². The van der Waals surface area contributed by atoms with E-state index < -0.39 is 0 Å². The Hall–Kier alpha value is -0.0800. The highest BCUT2D eigenvalue weighted by atomic mass is 127. The molecule has 1 unspecified atom stereocenters. The third-order valence-electron chi connectivity index (χ3n) is 5.98. The van der Waals surface area contributed by atoms with Crippen LogP contribution in [0.15, 0.2) is 4.99 Å². The van der Waals surface area contributed by atoms with Gasteiger partial charge in [-0.3, -0.25) is 14.8 Å². The summed E-state index contributed by atoms with van der Waals surface area (Å²) >= 11 is 0. The number of rotatable bonds is 6. The van der Waals surface area contributed by atoms with Crippen LogP contribution in [-0.2, 0) is 0 Å². The Balaban J connectivity index is 0.00000192. The van der Waals surface area contributed by atoms with Crippen molar-refractivity contribution in [3.05, 3.63) is 0 Å². The predicted molar refractivity (Wildman–Crippen MR) is 108 cm³/mol. The van der Waals surface area contributed by atoms with E-state index in [-0.39, 0.29) is 24.0 Å². The van der Waals surface area contributed by atoms with Gasteiger partial charge < -0.3 is 10.6 Å². The summed E-state index contributed by atoms with van der Waals surface area (Å²) in [6.07, 6.45) is 5.37. The third kappa shape index (κ3) is 4.72. The number of nitrogens with zero attached hydrogens (tertiary/aromatic N) is 3. The van der Waals surface area contributed by atoms with Crippen molar-refractivity contribution in [2.24, 2.45) is 10.4 Å². The van der Waals surface area contributed by atoms with Crippen LogP contribution >= 0.6 is 24.0 Å². The van der Waals surface area contributed by atoms with E-state index in [0.717, 1.165) is 25.6 Å². The van der Waals surface area contributed by atoms with E-state index in [1.807, 2.05) is 0 Å². The summed E-state index contributed by atoms with van der Waals surface area (Å²) in [6.45, 7) is 13.6. The number of hydrogen-bond acceptors (Lipinski definition) is 3. The first-order valence-electron chi connectivity index (χ1n) is 9.23. The van der Waals surface area contributed by atoms with Crippen molar-refractivity contribution in [1.29, 1.82) is 0 Å². The van der Waals surface area contributed by atoms with Gasteiger partial charge in [-0.25, -0.2) is 0 Å². The molecule has 2 bridgehead atoms. The highest BCUT2D eigenvalue weighted by molar-refractivity contribution is 14.0. The summed E-state index contributed by atoms with van der Waals surface area (Å²) < 4.78 is 0. The average molecular weight is 435 g/mol. The maximum absolute atomic E-state index is 4.89. The Kier molecular flexibility index (Phi) is 7.41. The van der Waals surface area contributed by atoms with Gasteiger partial charge in [-0.2, -0.15) is 0 Å². The van der Waals surface area contributed by atoms with Crippen molar-refractivity contribution >= 4 is 29.9 Å². The monoisotopic (exact) mass is 435 g/mol. The minimum Gasteiger partial charge on any atom is -0.357 e. The summed E-state index contributed by atoms with van der Waals surface area (Å²) in [5.74, 6) is 1.01. The second-order valence-corrected chi connectivity index (χ2v) is 7.27. The molecular weight excluding hydrogens is 401 g/mol.